The summed E-state index contributed by atoms with van der Waals surface area (Å²) in [4.78, 5) is 13.5. The van der Waals surface area contributed by atoms with Crippen LogP contribution in [0.2, 0.25) is 0 Å². The highest BCUT2D eigenvalue weighted by Crippen LogP contribution is 2.18. The van der Waals surface area contributed by atoms with Gasteiger partial charge in [-0.2, -0.15) is 0 Å². The lowest BCUT2D eigenvalue weighted by Crippen LogP contribution is -2.41. The summed E-state index contributed by atoms with van der Waals surface area (Å²) in [6.45, 7) is 6.47. The lowest BCUT2D eigenvalue weighted by atomic mass is 10.1. The van der Waals surface area contributed by atoms with Crippen LogP contribution in [0.1, 0.15) is 33.6 Å². The molecule has 0 radical (unpaired) electrons. The first-order valence-corrected chi connectivity index (χ1v) is 5.70. The van der Waals surface area contributed by atoms with Crippen molar-refractivity contribution in [1.29, 1.82) is 0 Å². The SMILES string of the molecule is CN1CCCC1/C=C(/F)C(=O)NC(C)(C)C. The van der Waals surface area contributed by atoms with Gasteiger partial charge in [0.2, 0.25) is 0 Å². The maximum absolute atomic E-state index is 13.6. The topological polar surface area (TPSA) is 32.3 Å². The van der Waals surface area contributed by atoms with E-state index in [2.05, 4.69) is 10.2 Å². The molecule has 1 heterocycles. The number of nitrogens with one attached hydrogen (secondary N) is 1. The summed E-state index contributed by atoms with van der Waals surface area (Å²) in [5.74, 6) is -1.29. The summed E-state index contributed by atoms with van der Waals surface area (Å²) >= 11 is 0. The van der Waals surface area contributed by atoms with Crippen molar-refractivity contribution in [3.63, 3.8) is 0 Å². The standard InChI is InChI=1S/C12H21FN2O/c1-12(2,3)14-11(16)10(13)8-9-6-5-7-15(9)4/h8-9H,5-7H2,1-4H3,(H,14,16)/b10-8+. The van der Waals surface area contributed by atoms with E-state index in [4.69, 9.17) is 0 Å². The molecule has 0 aliphatic carbocycles. The smallest absolute Gasteiger partial charge is 0.280 e. The van der Waals surface area contributed by atoms with Crippen LogP contribution in [-0.4, -0.2) is 36.0 Å². The molecular formula is C12H21FN2O. The highest BCUT2D eigenvalue weighted by molar-refractivity contribution is 5.91. The molecular weight excluding hydrogens is 207 g/mol. The molecule has 3 nitrogen and oxygen atoms in total. The number of amides is 1. The van der Waals surface area contributed by atoms with Crippen molar-refractivity contribution in [3.8, 4) is 0 Å². The fourth-order valence-electron chi connectivity index (χ4n) is 1.79. The Morgan fingerprint density at radius 2 is 2.12 bits per heavy atom. The Labute approximate surface area is 96.7 Å². The lowest BCUT2D eigenvalue weighted by Gasteiger charge is -2.20. The molecule has 1 aliphatic heterocycles. The number of hydrogen-bond acceptors (Lipinski definition) is 2. The molecule has 0 aromatic carbocycles. The van der Waals surface area contributed by atoms with Crippen molar-refractivity contribution in [3.05, 3.63) is 11.9 Å². The van der Waals surface area contributed by atoms with Crippen LogP contribution in [0.25, 0.3) is 0 Å². The van der Waals surface area contributed by atoms with Gasteiger partial charge in [-0.3, -0.25) is 9.69 Å². The summed E-state index contributed by atoms with van der Waals surface area (Å²) in [5.41, 5.74) is -0.399. The Bertz CT molecular complexity index is 294. The summed E-state index contributed by atoms with van der Waals surface area (Å²) in [6, 6.07) is 0.0609. The molecule has 1 aliphatic rings. The van der Waals surface area contributed by atoms with E-state index in [1.807, 2.05) is 27.8 Å². The minimum Gasteiger partial charge on any atom is -0.345 e. The van der Waals surface area contributed by atoms with Gasteiger partial charge in [0, 0.05) is 11.6 Å². The number of carbonyl (C=O) groups is 1. The second-order valence-electron chi connectivity index (χ2n) is 5.41. The molecule has 0 bridgehead atoms. The van der Waals surface area contributed by atoms with E-state index in [-0.39, 0.29) is 6.04 Å². The Hall–Kier alpha value is -0.900. The van der Waals surface area contributed by atoms with Crippen molar-refractivity contribution < 1.29 is 9.18 Å². The van der Waals surface area contributed by atoms with Crippen molar-refractivity contribution in [1.82, 2.24) is 10.2 Å². The zero-order valence-corrected chi connectivity index (χ0v) is 10.5. The van der Waals surface area contributed by atoms with Gasteiger partial charge >= 0.3 is 0 Å². The summed E-state index contributed by atoms with van der Waals surface area (Å²) in [5, 5.41) is 2.61. The molecule has 0 aromatic heterocycles. The molecule has 1 fully saturated rings. The van der Waals surface area contributed by atoms with Crippen LogP contribution in [0.3, 0.4) is 0 Å². The van der Waals surface area contributed by atoms with Gasteiger partial charge in [0.05, 0.1) is 0 Å². The van der Waals surface area contributed by atoms with E-state index >= 15 is 0 Å². The van der Waals surface area contributed by atoms with Crippen molar-refractivity contribution in [2.75, 3.05) is 13.6 Å². The van der Waals surface area contributed by atoms with E-state index in [9.17, 15) is 9.18 Å². The Kier molecular flexibility index (Phi) is 4.08. The van der Waals surface area contributed by atoms with E-state index in [0.717, 1.165) is 19.4 Å². The average molecular weight is 228 g/mol. The number of rotatable bonds is 2. The highest BCUT2D eigenvalue weighted by atomic mass is 19.1. The molecule has 1 amide bonds. The van der Waals surface area contributed by atoms with Crippen LogP contribution in [0.5, 0.6) is 0 Å². The minimum absolute atomic E-state index is 0.0609. The second-order valence-corrected chi connectivity index (χ2v) is 5.41. The Balaban J connectivity index is 2.59. The zero-order chi connectivity index (χ0) is 12.3. The van der Waals surface area contributed by atoms with E-state index in [0.29, 0.717) is 0 Å². The molecule has 1 rings (SSSR count). The third kappa shape index (κ3) is 3.93. The van der Waals surface area contributed by atoms with Crippen LogP contribution < -0.4 is 5.32 Å². The van der Waals surface area contributed by atoms with Gasteiger partial charge in [-0.1, -0.05) is 0 Å². The molecule has 0 spiro atoms. The number of nitrogens with zero attached hydrogens (tertiary/aromatic N) is 1. The van der Waals surface area contributed by atoms with E-state index < -0.39 is 17.3 Å². The molecule has 1 unspecified atom stereocenters. The van der Waals surface area contributed by atoms with E-state index in [1.54, 1.807) is 0 Å². The molecule has 0 saturated carbocycles. The van der Waals surface area contributed by atoms with Crippen molar-refractivity contribution in [2.45, 2.75) is 45.2 Å². The Morgan fingerprint density at radius 1 is 1.50 bits per heavy atom. The predicted octanol–water partition coefficient (Wildman–Crippen LogP) is 1.85. The number of hydrogen-bond donors (Lipinski definition) is 1. The van der Waals surface area contributed by atoms with E-state index in [1.165, 1.54) is 6.08 Å². The largest absolute Gasteiger partial charge is 0.345 e. The number of likely N-dealkylation sites (tertiary alicyclic amines) is 1. The van der Waals surface area contributed by atoms with Gasteiger partial charge in [0.25, 0.3) is 5.91 Å². The monoisotopic (exact) mass is 228 g/mol. The fourth-order valence-corrected chi connectivity index (χ4v) is 1.79. The third-order valence-electron chi connectivity index (χ3n) is 2.62. The van der Waals surface area contributed by atoms with Crippen LogP contribution in [-0.2, 0) is 4.79 Å². The molecule has 1 N–H and O–H groups in total. The number of likely N-dealkylation sites (N-methyl/N-ethyl adjacent to an activating group) is 1. The van der Waals surface area contributed by atoms with Crippen LogP contribution >= 0.6 is 0 Å². The molecule has 0 aromatic rings. The summed E-state index contributed by atoms with van der Waals surface area (Å²) in [6.07, 6.45) is 3.41. The minimum atomic E-state index is -0.673. The van der Waals surface area contributed by atoms with Gasteiger partial charge in [-0.05, 0) is 53.3 Å². The van der Waals surface area contributed by atoms with Gasteiger partial charge in [-0.25, -0.2) is 4.39 Å². The highest BCUT2D eigenvalue weighted by Gasteiger charge is 2.22. The quantitative estimate of drug-likeness (QED) is 0.732. The first kappa shape index (κ1) is 13.2. The number of halogens is 1. The first-order valence-electron chi connectivity index (χ1n) is 5.70. The van der Waals surface area contributed by atoms with Gasteiger partial charge in [0.1, 0.15) is 0 Å². The fraction of sp³-hybridized carbons (Fsp3) is 0.750. The Morgan fingerprint density at radius 3 is 2.56 bits per heavy atom. The van der Waals surface area contributed by atoms with Crippen molar-refractivity contribution in [2.24, 2.45) is 0 Å². The second kappa shape index (κ2) is 4.95. The molecule has 92 valence electrons. The predicted molar refractivity (Wildman–Crippen MR) is 62.7 cm³/mol. The normalized spacial score (nSPS) is 23.6. The van der Waals surface area contributed by atoms with Crippen LogP contribution in [0.15, 0.2) is 11.9 Å². The number of carbonyl (C=O) groups excluding carboxylic acids is 1. The summed E-state index contributed by atoms with van der Waals surface area (Å²) in [7, 11) is 1.95. The van der Waals surface area contributed by atoms with Gasteiger partial charge in [-0.15, -0.1) is 0 Å². The lowest BCUT2D eigenvalue weighted by molar-refractivity contribution is -0.120. The van der Waals surface area contributed by atoms with Crippen molar-refractivity contribution >= 4 is 5.91 Å². The summed E-state index contributed by atoms with van der Waals surface area (Å²) < 4.78 is 13.6. The molecule has 1 atom stereocenters. The molecule has 4 heteroatoms. The van der Waals surface area contributed by atoms with Gasteiger partial charge in [0.15, 0.2) is 5.83 Å². The molecule has 16 heavy (non-hydrogen) atoms. The van der Waals surface area contributed by atoms with Gasteiger partial charge < -0.3 is 5.32 Å². The first-order chi connectivity index (χ1) is 7.29. The maximum Gasteiger partial charge on any atom is 0.280 e. The van der Waals surface area contributed by atoms with Crippen LogP contribution in [0, 0.1) is 0 Å². The maximum atomic E-state index is 13.6. The molecule has 1 saturated heterocycles. The van der Waals surface area contributed by atoms with Crippen LogP contribution in [0.4, 0.5) is 4.39 Å². The average Bonchev–Trinajstić information content (AvgIpc) is 2.49. The zero-order valence-electron chi connectivity index (χ0n) is 10.5. The third-order valence-corrected chi connectivity index (χ3v) is 2.62.